The summed E-state index contributed by atoms with van der Waals surface area (Å²) in [5, 5.41) is 12.4. The van der Waals surface area contributed by atoms with Crippen LogP contribution in [-0.2, 0) is 9.53 Å². The maximum Gasteiger partial charge on any atom is 0.323 e. The fraction of sp³-hybridized carbons (Fsp3) is 0.875. The molecule has 0 spiro atoms. The monoisotopic (exact) mass is 173 g/mol. The number of nitrogens with one attached hydrogen (secondary N) is 1. The van der Waals surface area contributed by atoms with Crippen LogP contribution in [0.15, 0.2) is 0 Å². The Hall–Kier alpha value is -0.610. The molecule has 2 N–H and O–H groups in total. The standard InChI is InChI=1S/C8H15NO3/c1-3-5-6(10)4-9-7(5)8(11)12-2/h5-7,9-10H,3-4H2,1-2H3. The van der Waals surface area contributed by atoms with Crippen LogP contribution in [0.4, 0.5) is 0 Å². The molecule has 1 heterocycles. The molecule has 1 saturated heterocycles. The predicted octanol–water partition coefficient (Wildman–Crippen LogP) is -0.482. The van der Waals surface area contributed by atoms with Crippen molar-refractivity contribution >= 4 is 5.97 Å². The maximum absolute atomic E-state index is 11.1. The fourth-order valence-corrected chi connectivity index (χ4v) is 1.67. The molecule has 0 aromatic rings. The second-order valence-corrected chi connectivity index (χ2v) is 3.05. The zero-order chi connectivity index (χ0) is 9.14. The predicted molar refractivity (Wildman–Crippen MR) is 43.6 cm³/mol. The number of methoxy groups -OCH3 is 1. The molecule has 0 saturated carbocycles. The van der Waals surface area contributed by atoms with E-state index in [2.05, 4.69) is 10.1 Å². The lowest BCUT2D eigenvalue weighted by molar-refractivity contribution is -0.144. The van der Waals surface area contributed by atoms with Gasteiger partial charge in [0.2, 0.25) is 0 Å². The maximum atomic E-state index is 11.1. The van der Waals surface area contributed by atoms with Crippen LogP contribution >= 0.6 is 0 Å². The van der Waals surface area contributed by atoms with E-state index in [4.69, 9.17) is 0 Å². The summed E-state index contributed by atoms with van der Waals surface area (Å²) in [6, 6.07) is -0.324. The SMILES string of the molecule is CCC1C(O)CNC1C(=O)OC. The summed E-state index contributed by atoms with van der Waals surface area (Å²) in [6.07, 6.45) is 0.368. The number of ether oxygens (including phenoxy) is 1. The number of aliphatic hydroxyl groups is 1. The van der Waals surface area contributed by atoms with Gasteiger partial charge in [0, 0.05) is 12.5 Å². The third-order valence-electron chi connectivity index (χ3n) is 2.40. The first-order valence-electron chi connectivity index (χ1n) is 4.20. The van der Waals surface area contributed by atoms with Crippen LogP contribution in [0.2, 0.25) is 0 Å². The third kappa shape index (κ3) is 1.59. The summed E-state index contributed by atoms with van der Waals surface area (Å²) in [6.45, 7) is 2.44. The van der Waals surface area contributed by atoms with Crippen LogP contribution in [0.25, 0.3) is 0 Å². The Kier molecular flexibility index (Phi) is 3.05. The van der Waals surface area contributed by atoms with Crippen LogP contribution in [0.1, 0.15) is 13.3 Å². The highest BCUT2D eigenvalue weighted by atomic mass is 16.5. The normalized spacial score (nSPS) is 35.1. The first-order valence-corrected chi connectivity index (χ1v) is 4.20. The summed E-state index contributed by atoms with van der Waals surface area (Å²) in [4.78, 5) is 11.1. The van der Waals surface area contributed by atoms with Gasteiger partial charge in [-0.2, -0.15) is 0 Å². The molecule has 3 atom stereocenters. The van der Waals surface area contributed by atoms with Gasteiger partial charge >= 0.3 is 5.97 Å². The number of rotatable bonds is 2. The van der Waals surface area contributed by atoms with Gasteiger partial charge < -0.3 is 15.2 Å². The molecular formula is C8H15NO3. The van der Waals surface area contributed by atoms with Gasteiger partial charge in [-0.1, -0.05) is 6.92 Å². The quantitative estimate of drug-likeness (QED) is 0.554. The van der Waals surface area contributed by atoms with E-state index in [1.165, 1.54) is 7.11 Å². The van der Waals surface area contributed by atoms with E-state index < -0.39 is 6.10 Å². The number of esters is 1. The van der Waals surface area contributed by atoms with Crippen LogP contribution in [0.5, 0.6) is 0 Å². The zero-order valence-electron chi connectivity index (χ0n) is 7.41. The first kappa shape index (κ1) is 9.48. The lowest BCUT2D eigenvalue weighted by Crippen LogP contribution is -2.37. The highest BCUT2D eigenvalue weighted by molar-refractivity contribution is 5.76. The minimum absolute atomic E-state index is 0.00236. The van der Waals surface area contributed by atoms with Gasteiger partial charge in [0.05, 0.1) is 13.2 Å². The summed E-state index contributed by atoms with van der Waals surface area (Å²) in [7, 11) is 1.36. The number of carbonyl (C=O) groups is 1. The van der Waals surface area contributed by atoms with Gasteiger partial charge in [-0.15, -0.1) is 0 Å². The van der Waals surface area contributed by atoms with Gasteiger partial charge in [0.25, 0.3) is 0 Å². The van der Waals surface area contributed by atoms with Crippen molar-refractivity contribution in [2.24, 2.45) is 5.92 Å². The number of aliphatic hydroxyl groups excluding tert-OH is 1. The van der Waals surface area contributed by atoms with Crippen LogP contribution in [0, 0.1) is 5.92 Å². The largest absolute Gasteiger partial charge is 0.468 e. The Morgan fingerprint density at radius 2 is 2.42 bits per heavy atom. The number of carbonyl (C=O) groups excluding carboxylic acids is 1. The van der Waals surface area contributed by atoms with Crippen molar-refractivity contribution in [3.63, 3.8) is 0 Å². The Bertz CT molecular complexity index is 172. The first-order chi connectivity index (χ1) is 5.70. The van der Waals surface area contributed by atoms with Gasteiger partial charge in [0.1, 0.15) is 6.04 Å². The summed E-state index contributed by atoms with van der Waals surface area (Å²) < 4.78 is 4.60. The van der Waals surface area contributed by atoms with Crippen LogP contribution < -0.4 is 5.32 Å². The molecule has 0 aromatic heterocycles. The van der Waals surface area contributed by atoms with Crippen molar-refractivity contribution in [2.75, 3.05) is 13.7 Å². The Balaban J connectivity index is 2.60. The minimum atomic E-state index is -0.418. The highest BCUT2D eigenvalue weighted by Gasteiger charge is 2.38. The van der Waals surface area contributed by atoms with Crippen LogP contribution in [0.3, 0.4) is 0 Å². The highest BCUT2D eigenvalue weighted by Crippen LogP contribution is 2.20. The molecule has 3 unspecified atom stereocenters. The Morgan fingerprint density at radius 1 is 1.75 bits per heavy atom. The van der Waals surface area contributed by atoms with Crippen molar-refractivity contribution in [3.8, 4) is 0 Å². The molecule has 70 valence electrons. The fourth-order valence-electron chi connectivity index (χ4n) is 1.67. The minimum Gasteiger partial charge on any atom is -0.468 e. The molecule has 1 rings (SSSR count). The van der Waals surface area contributed by atoms with E-state index in [-0.39, 0.29) is 17.9 Å². The van der Waals surface area contributed by atoms with Gasteiger partial charge in [0.15, 0.2) is 0 Å². The average Bonchev–Trinajstić information content (AvgIpc) is 2.45. The Morgan fingerprint density at radius 3 is 2.92 bits per heavy atom. The molecule has 0 bridgehead atoms. The van der Waals surface area contributed by atoms with Crippen molar-refractivity contribution in [1.82, 2.24) is 5.32 Å². The summed E-state index contributed by atoms with van der Waals surface area (Å²) in [5.74, 6) is -0.282. The second-order valence-electron chi connectivity index (χ2n) is 3.05. The second kappa shape index (κ2) is 3.87. The number of hydrogen-bond donors (Lipinski definition) is 2. The smallest absolute Gasteiger partial charge is 0.323 e. The molecule has 0 aliphatic carbocycles. The van der Waals surface area contributed by atoms with E-state index in [9.17, 15) is 9.90 Å². The molecule has 4 nitrogen and oxygen atoms in total. The van der Waals surface area contributed by atoms with Crippen molar-refractivity contribution in [2.45, 2.75) is 25.5 Å². The van der Waals surface area contributed by atoms with E-state index in [1.807, 2.05) is 6.92 Å². The molecule has 0 aromatic carbocycles. The van der Waals surface area contributed by atoms with E-state index in [0.29, 0.717) is 6.54 Å². The molecule has 4 heteroatoms. The van der Waals surface area contributed by atoms with Crippen molar-refractivity contribution in [3.05, 3.63) is 0 Å². The summed E-state index contributed by atoms with van der Waals surface area (Å²) >= 11 is 0. The van der Waals surface area contributed by atoms with Gasteiger partial charge in [-0.3, -0.25) is 4.79 Å². The molecule has 1 fully saturated rings. The lowest BCUT2D eigenvalue weighted by Gasteiger charge is -2.16. The summed E-state index contributed by atoms with van der Waals surface area (Å²) in [5.41, 5.74) is 0. The molecule has 1 aliphatic rings. The van der Waals surface area contributed by atoms with E-state index in [1.54, 1.807) is 0 Å². The van der Waals surface area contributed by atoms with Crippen molar-refractivity contribution in [1.29, 1.82) is 0 Å². The molecule has 12 heavy (non-hydrogen) atoms. The number of β-amino-alcohol motifs (C(OH)–C–C–N with tert-alkyl or cyclic N) is 1. The van der Waals surface area contributed by atoms with Gasteiger partial charge in [-0.25, -0.2) is 0 Å². The van der Waals surface area contributed by atoms with Crippen molar-refractivity contribution < 1.29 is 14.6 Å². The third-order valence-corrected chi connectivity index (χ3v) is 2.40. The molecule has 0 radical (unpaired) electrons. The topological polar surface area (TPSA) is 58.6 Å². The van der Waals surface area contributed by atoms with Gasteiger partial charge in [-0.05, 0) is 6.42 Å². The van der Waals surface area contributed by atoms with E-state index in [0.717, 1.165) is 6.42 Å². The van der Waals surface area contributed by atoms with Crippen LogP contribution in [-0.4, -0.2) is 36.9 Å². The average molecular weight is 173 g/mol. The zero-order valence-corrected chi connectivity index (χ0v) is 7.41. The Labute approximate surface area is 71.9 Å². The lowest BCUT2D eigenvalue weighted by atomic mass is 9.96. The number of hydrogen-bond acceptors (Lipinski definition) is 4. The molecule has 1 aliphatic heterocycles. The molecular weight excluding hydrogens is 158 g/mol. The molecule has 0 amide bonds. The van der Waals surface area contributed by atoms with E-state index >= 15 is 0 Å².